The zero-order valence-corrected chi connectivity index (χ0v) is 77.8. The van der Waals surface area contributed by atoms with Crippen molar-refractivity contribution in [1.82, 2.24) is 39.9 Å². The summed E-state index contributed by atoms with van der Waals surface area (Å²) in [5.41, 5.74) is 31.2. The Kier molecular flexibility index (Phi) is 37.6. The van der Waals surface area contributed by atoms with Crippen LogP contribution in [0.3, 0.4) is 0 Å². The molecule has 17 heteroatoms. The van der Waals surface area contributed by atoms with E-state index in [0.29, 0.717) is 19.3 Å². The van der Waals surface area contributed by atoms with Gasteiger partial charge in [-0.05, 0) is 158 Å². The fourth-order valence-corrected chi connectivity index (χ4v) is 14.8. The number of aryl methyl sites for hydroxylation is 4. The van der Waals surface area contributed by atoms with Crippen LogP contribution in [-0.2, 0) is 121 Å². The first kappa shape index (κ1) is 94.9. The standard InChI is InChI=1S/C36H44N4.C20H13N2.C17H12N.C15H10N.C8H10O3.C5H8O2.3Ir.Pt/c1-9-21-22(10-2)30-18-32-25(13-5)26(14-6)34(39-32)20-36-28(16-8)27(15-7)35(40-36)19-33-24(12-4)23(11-3)31(38-33)17-29(21)37-30;1-3-9-15(10-4-1)19-20(16-11-5-2-6-12-16)22-18-14-8-7-13-17(18)21-19;1-2-7-14(8-3-1)15-9-6-10-16(13-15)17-11-4-5-12-18-17;1-2-7-13(8-3-1)15-14-9-5-4-6-12(14)10-11-16-15;1-5(9)8-6(10)3-2-4-7(8)11;1-4(6)3-5(2)7;;;;/h17-20H,9-16H2,1-8H3;1-11,13-14H;1-9,11-13H;1-7,9-11H;10H,2-4H2,1H3;3,6H,1-2H3;;;;/q-2;3*-1;;;;;;+2. The molecule has 0 fully saturated rings. The molecule has 8 bridgehead atoms. The van der Waals surface area contributed by atoms with E-state index in [1.165, 1.54) is 93.3 Å². The van der Waals surface area contributed by atoms with Gasteiger partial charge >= 0.3 is 21.1 Å². The van der Waals surface area contributed by atoms with Gasteiger partial charge in [-0.3, -0.25) is 24.4 Å². The number of rotatable bonds is 15. The Bertz CT molecular complexity index is 5510. The van der Waals surface area contributed by atoms with Crippen LogP contribution in [0.4, 0.5) is 0 Å². The summed E-state index contributed by atoms with van der Waals surface area (Å²) < 4.78 is 0. The number of allylic oxidation sites excluding steroid dienone is 8. The Morgan fingerprint density at radius 2 is 0.856 bits per heavy atom. The van der Waals surface area contributed by atoms with Crippen molar-refractivity contribution in [2.24, 2.45) is 0 Å². The second kappa shape index (κ2) is 46.8. The van der Waals surface area contributed by atoms with E-state index >= 15 is 0 Å². The van der Waals surface area contributed by atoms with Gasteiger partial charge in [0.15, 0.2) is 17.3 Å². The maximum Gasteiger partial charge on any atom is 2.00 e. The molecular formula is C101H97Ir3N8O5Pt-3. The number of fused-ring (bicyclic) bond motifs is 10. The molecule has 8 heterocycles. The van der Waals surface area contributed by atoms with Crippen LogP contribution < -0.4 is 9.97 Å². The number of benzene rings is 7. The van der Waals surface area contributed by atoms with E-state index in [9.17, 15) is 14.4 Å². The fraction of sp³-hybridized carbons (Fsp3) is 0.218. The second-order valence-corrected chi connectivity index (χ2v) is 27.6. The first-order valence-electron chi connectivity index (χ1n) is 39.6. The molecule has 0 spiro atoms. The van der Waals surface area contributed by atoms with Crippen LogP contribution in [0, 0.1) is 18.2 Å². The summed E-state index contributed by atoms with van der Waals surface area (Å²) in [5, 5.41) is 19.9. The molecule has 6 aromatic heterocycles. The number of aliphatic hydroxyl groups is 2. The molecule has 16 rings (SSSR count). The number of pyridine rings is 2. The van der Waals surface area contributed by atoms with Crippen molar-refractivity contribution >= 4 is 83.5 Å². The predicted molar refractivity (Wildman–Crippen MR) is 467 cm³/mol. The maximum absolute atomic E-state index is 11.0. The normalized spacial score (nSPS) is 12.0. The molecule has 0 unspecified atom stereocenters. The minimum absolute atomic E-state index is 0. The van der Waals surface area contributed by atoms with Gasteiger partial charge in [-0.25, -0.2) is 9.97 Å². The second-order valence-electron chi connectivity index (χ2n) is 27.6. The zero-order valence-electron chi connectivity index (χ0n) is 68.4. The van der Waals surface area contributed by atoms with Gasteiger partial charge in [0.2, 0.25) is 0 Å². The summed E-state index contributed by atoms with van der Waals surface area (Å²) in [7, 11) is 0. The van der Waals surface area contributed by atoms with Crippen LogP contribution in [0.25, 0.3) is 122 Å². The van der Waals surface area contributed by atoms with Crippen LogP contribution in [0.15, 0.2) is 260 Å². The van der Waals surface area contributed by atoms with Crippen LogP contribution in [0.1, 0.15) is 166 Å². The third kappa shape index (κ3) is 23.6. The molecule has 3 radical (unpaired) electrons. The maximum atomic E-state index is 11.0. The van der Waals surface area contributed by atoms with Crippen molar-refractivity contribution < 1.29 is 106 Å². The third-order valence-electron chi connectivity index (χ3n) is 20.0. The summed E-state index contributed by atoms with van der Waals surface area (Å²) in [6, 6.07) is 85.3. The van der Waals surface area contributed by atoms with Crippen LogP contribution >= 0.6 is 0 Å². The number of ketones is 3. The molecule has 118 heavy (non-hydrogen) atoms. The Labute approximate surface area is 749 Å². The molecule has 1 aliphatic carbocycles. The van der Waals surface area contributed by atoms with E-state index in [0.717, 1.165) is 152 Å². The van der Waals surface area contributed by atoms with Crippen molar-refractivity contribution in [2.75, 3.05) is 0 Å². The first-order chi connectivity index (χ1) is 55.5. The third-order valence-corrected chi connectivity index (χ3v) is 20.0. The van der Waals surface area contributed by atoms with Crippen molar-refractivity contribution in [1.29, 1.82) is 0 Å². The molecule has 611 valence electrons. The molecule has 0 amide bonds. The monoisotopic (exact) mass is 2280 g/mol. The first-order valence-corrected chi connectivity index (χ1v) is 39.6. The van der Waals surface area contributed by atoms with E-state index < -0.39 is 0 Å². The van der Waals surface area contributed by atoms with E-state index in [1.54, 1.807) is 6.20 Å². The minimum Gasteiger partial charge on any atom is -0.657 e. The predicted octanol–water partition coefficient (Wildman–Crippen LogP) is 24.1. The number of para-hydroxylation sites is 2. The quantitative estimate of drug-likeness (QED) is 0.0426. The van der Waals surface area contributed by atoms with Gasteiger partial charge in [0.1, 0.15) is 5.76 Å². The van der Waals surface area contributed by atoms with Gasteiger partial charge < -0.3 is 30.1 Å². The molecular weight excluding hydrogens is 2180 g/mol. The molecule has 7 aromatic carbocycles. The molecule has 2 aliphatic heterocycles. The van der Waals surface area contributed by atoms with Gasteiger partial charge in [0, 0.05) is 97.3 Å². The number of hydrogen-bond donors (Lipinski definition) is 2. The van der Waals surface area contributed by atoms with E-state index in [4.69, 9.17) is 40.1 Å². The summed E-state index contributed by atoms with van der Waals surface area (Å²) in [6.45, 7) is 22.1. The average Bonchev–Trinajstić information content (AvgIpc) is 1.56. The summed E-state index contributed by atoms with van der Waals surface area (Å²) in [4.78, 5) is 71.3. The SMILES string of the molecule is CC(=O)C1=C(O)CCCC1=O.CC(=O)C=C(C)O.CCC1=C(CC)c2cc3[n-]c(cc4nc(cc5[n-]c(cc1n2)c(CC)c5CC)C(CC)=C4CC)c(CC)c3CC.[Ir].[Ir].[Ir].[Pt+2].[c-]1ccc(-c2ccccc2)cc1-c1ccccn1.[c-]1ccccc1-c1nc2ccccc2nc1-c1ccccc1.[c-]1ccccc1-c1nccc2ccccc12. The van der Waals surface area contributed by atoms with E-state index in [1.807, 2.05) is 158 Å². The van der Waals surface area contributed by atoms with Crippen molar-refractivity contribution in [3.05, 3.63) is 323 Å². The number of aromatic nitrogens is 8. The molecule has 0 saturated carbocycles. The van der Waals surface area contributed by atoms with Gasteiger partial charge in [0.25, 0.3) is 0 Å². The van der Waals surface area contributed by atoms with Crippen molar-refractivity contribution in [2.45, 2.75) is 147 Å². The van der Waals surface area contributed by atoms with E-state index in [2.05, 4.69) is 156 Å². The molecule has 0 saturated heterocycles. The molecule has 3 aliphatic rings. The van der Waals surface area contributed by atoms with E-state index in [-0.39, 0.29) is 116 Å². The average molecular weight is 2270 g/mol. The zero-order chi connectivity index (χ0) is 80.6. The van der Waals surface area contributed by atoms with Gasteiger partial charge in [-0.1, -0.05) is 211 Å². The smallest absolute Gasteiger partial charge is 0.657 e. The summed E-state index contributed by atoms with van der Waals surface area (Å²) >= 11 is 0. The number of hydrogen-bond acceptors (Lipinski definition) is 11. The van der Waals surface area contributed by atoms with Crippen molar-refractivity contribution in [3.8, 4) is 56.2 Å². The van der Waals surface area contributed by atoms with Crippen molar-refractivity contribution in [3.63, 3.8) is 0 Å². The Morgan fingerprint density at radius 3 is 1.27 bits per heavy atom. The Morgan fingerprint density at radius 1 is 0.415 bits per heavy atom. The van der Waals surface area contributed by atoms with Crippen LogP contribution in [-0.4, -0.2) is 57.5 Å². The largest absolute Gasteiger partial charge is 2.00 e. The van der Waals surface area contributed by atoms with Gasteiger partial charge in [-0.15, -0.1) is 129 Å². The molecule has 13 aromatic rings. The Balaban J connectivity index is 0.000000210. The van der Waals surface area contributed by atoms with Crippen LogP contribution in [0.2, 0.25) is 0 Å². The summed E-state index contributed by atoms with van der Waals surface area (Å²) in [5.74, 6) is -0.644. The number of aliphatic hydroxyl groups excluding tert-OH is 2. The molecule has 0 atom stereocenters. The fourth-order valence-electron chi connectivity index (χ4n) is 14.8. The van der Waals surface area contributed by atoms with Crippen LogP contribution in [0.5, 0.6) is 0 Å². The number of Topliss-reactive ketones (excluding diaryl/α,β-unsaturated/α-hetero) is 2. The van der Waals surface area contributed by atoms with Gasteiger partial charge in [0.05, 0.1) is 50.8 Å². The Hall–Kier alpha value is -10.2. The topological polar surface area (TPSA) is 197 Å². The number of nitrogens with zero attached hydrogens (tertiary/aromatic N) is 8. The number of carbonyl (C=O) groups excluding carboxylic acids is 3. The number of carbonyl (C=O) groups is 3. The van der Waals surface area contributed by atoms with Gasteiger partial charge in [-0.2, -0.15) is 0 Å². The molecule has 2 N–H and O–H groups in total. The molecule has 13 nitrogen and oxygen atoms in total. The summed E-state index contributed by atoms with van der Waals surface area (Å²) in [6.07, 6.45) is 13.9. The minimum atomic E-state index is -0.327.